The summed E-state index contributed by atoms with van der Waals surface area (Å²) in [6, 6.07) is 20.5. The van der Waals surface area contributed by atoms with Crippen LogP contribution in [0.2, 0.25) is 10.0 Å². The molecule has 1 nitrogen and oxygen atoms in total. The van der Waals surface area contributed by atoms with E-state index in [2.05, 4.69) is 54.4 Å². The highest BCUT2D eigenvalue weighted by molar-refractivity contribution is 6.35. The van der Waals surface area contributed by atoms with Crippen LogP contribution >= 0.6 is 23.2 Å². The number of hydrogen-bond acceptors (Lipinski definition) is 1. The molecule has 0 aromatic heterocycles. The lowest BCUT2D eigenvalue weighted by molar-refractivity contribution is 0.320. The van der Waals surface area contributed by atoms with Crippen molar-refractivity contribution in [3.05, 3.63) is 81.8 Å². The molecule has 0 heterocycles. The Bertz CT molecular complexity index is 773. The van der Waals surface area contributed by atoms with E-state index >= 15 is 0 Å². The van der Waals surface area contributed by atoms with Crippen LogP contribution in [0, 0.1) is 0 Å². The van der Waals surface area contributed by atoms with Gasteiger partial charge in [0.2, 0.25) is 0 Å². The van der Waals surface area contributed by atoms with Crippen molar-refractivity contribution in [3.8, 4) is 0 Å². The van der Waals surface area contributed by atoms with Crippen molar-refractivity contribution in [1.29, 1.82) is 0 Å². The molecule has 0 aliphatic carbocycles. The lowest BCUT2D eigenvalue weighted by Crippen LogP contribution is -2.18. The third-order valence-electron chi connectivity index (χ3n) is 3.81. The quantitative estimate of drug-likeness (QED) is 0.586. The second-order valence-corrected chi connectivity index (χ2v) is 6.33. The topological polar surface area (TPSA) is 3.24 Å². The van der Waals surface area contributed by atoms with Gasteiger partial charge in [0, 0.05) is 28.7 Å². The van der Waals surface area contributed by atoms with Gasteiger partial charge in [-0.15, -0.1) is 0 Å². The molecule has 0 fully saturated rings. The van der Waals surface area contributed by atoms with Gasteiger partial charge in [0.15, 0.2) is 0 Å². The minimum Gasteiger partial charge on any atom is -0.298 e. The molecular formula is C19H17Cl2N. The van der Waals surface area contributed by atoms with E-state index in [0.29, 0.717) is 0 Å². The predicted molar refractivity (Wildman–Crippen MR) is 95.6 cm³/mol. The maximum absolute atomic E-state index is 6.26. The van der Waals surface area contributed by atoms with Gasteiger partial charge < -0.3 is 0 Å². The van der Waals surface area contributed by atoms with Crippen LogP contribution in [0.5, 0.6) is 0 Å². The first kappa shape index (κ1) is 15.4. The van der Waals surface area contributed by atoms with E-state index in [4.69, 9.17) is 23.2 Å². The Kier molecular flexibility index (Phi) is 4.68. The molecule has 0 saturated carbocycles. The Balaban J connectivity index is 1.83. The second-order valence-electron chi connectivity index (χ2n) is 5.51. The molecule has 22 heavy (non-hydrogen) atoms. The molecule has 0 aliphatic heterocycles. The van der Waals surface area contributed by atoms with Gasteiger partial charge in [-0.1, -0.05) is 71.7 Å². The molecule has 3 aromatic carbocycles. The number of halogens is 2. The molecule has 0 saturated heterocycles. The summed E-state index contributed by atoms with van der Waals surface area (Å²) >= 11 is 12.5. The van der Waals surface area contributed by atoms with Gasteiger partial charge in [-0.25, -0.2) is 0 Å². The fraction of sp³-hybridized carbons (Fsp3) is 0.158. The third kappa shape index (κ3) is 3.27. The SMILES string of the molecule is CN(Cc1c(Cl)cccc1Cl)Cc1cccc2ccccc12. The predicted octanol–water partition coefficient (Wildman–Crippen LogP) is 5.78. The summed E-state index contributed by atoms with van der Waals surface area (Å²) in [6.45, 7) is 1.57. The summed E-state index contributed by atoms with van der Waals surface area (Å²) in [5.41, 5.74) is 2.29. The fourth-order valence-electron chi connectivity index (χ4n) is 2.73. The van der Waals surface area contributed by atoms with E-state index in [-0.39, 0.29) is 0 Å². The van der Waals surface area contributed by atoms with Crippen molar-refractivity contribution in [2.75, 3.05) is 7.05 Å². The normalized spacial score (nSPS) is 11.3. The second kappa shape index (κ2) is 6.70. The highest BCUT2D eigenvalue weighted by atomic mass is 35.5. The average molecular weight is 330 g/mol. The van der Waals surface area contributed by atoms with Crippen LogP contribution < -0.4 is 0 Å². The zero-order chi connectivity index (χ0) is 15.5. The summed E-state index contributed by atoms with van der Waals surface area (Å²) in [5, 5.41) is 4.00. The summed E-state index contributed by atoms with van der Waals surface area (Å²) in [4.78, 5) is 2.23. The Morgan fingerprint density at radius 3 is 2.18 bits per heavy atom. The molecule has 3 aromatic rings. The van der Waals surface area contributed by atoms with Crippen LogP contribution in [0.25, 0.3) is 10.8 Å². The van der Waals surface area contributed by atoms with Crippen LogP contribution in [0.15, 0.2) is 60.7 Å². The van der Waals surface area contributed by atoms with Crippen LogP contribution in [0.3, 0.4) is 0 Å². The maximum Gasteiger partial charge on any atom is 0.0465 e. The maximum atomic E-state index is 6.26. The molecule has 0 N–H and O–H groups in total. The van der Waals surface area contributed by atoms with Crippen molar-refractivity contribution < 1.29 is 0 Å². The van der Waals surface area contributed by atoms with Gasteiger partial charge in [0.1, 0.15) is 0 Å². The highest BCUT2D eigenvalue weighted by Crippen LogP contribution is 2.26. The Labute approximate surface area is 141 Å². The van der Waals surface area contributed by atoms with Gasteiger partial charge in [-0.05, 0) is 35.5 Å². The minimum absolute atomic E-state index is 0.720. The van der Waals surface area contributed by atoms with Crippen molar-refractivity contribution in [1.82, 2.24) is 4.90 Å². The van der Waals surface area contributed by atoms with Crippen molar-refractivity contribution >= 4 is 34.0 Å². The zero-order valence-corrected chi connectivity index (χ0v) is 13.9. The van der Waals surface area contributed by atoms with Crippen LogP contribution in [0.4, 0.5) is 0 Å². The number of hydrogen-bond donors (Lipinski definition) is 0. The minimum atomic E-state index is 0.720. The van der Waals surface area contributed by atoms with Crippen LogP contribution in [-0.2, 0) is 13.1 Å². The molecule has 0 amide bonds. The van der Waals surface area contributed by atoms with E-state index in [1.165, 1.54) is 16.3 Å². The van der Waals surface area contributed by atoms with E-state index in [9.17, 15) is 0 Å². The van der Waals surface area contributed by atoms with E-state index in [1.807, 2.05) is 18.2 Å². The van der Waals surface area contributed by atoms with Crippen molar-refractivity contribution in [2.45, 2.75) is 13.1 Å². The van der Waals surface area contributed by atoms with Crippen molar-refractivity contribution in [2.24, 2.45) is 0 Å². The summed E-state index contributed by atoms with van der Waals surface area (Å²) < 4.78 is 0. The molecule has 3 rings (SSSR count). The molecule has 3 heteroatoms. The zero-order valence-electron chi connectivity index (χ0n) is 12.4. The molecule has 0 radical (unpaired) electrons. The van der Waals surface area contributed by atoms with E-state index in [1.54, 1.807) is 0 Å². The third-order valence-corrected chi connectivity index (χ3v) is 4.52. The monoisotopic (exact) mass is 329 g/mol. The fourth-order valence-corrected chi connectivity index (χ4v) is 3.25. The van der Waals surface area contributed by atoms with E-state index < -0.39 is 0 Å². The molecule has 0 atom stereocenters. The largest absolute Gasteiger partial charge is 0.298 e. The van der Waals surface area contributed by atoms with Crippen LogP contribution in [0.1, 0.15) is 11.1 Å². The van der Waals surface area contributed by atoms with Gasteiger partial charge >= 0.3 is 0 Å². The molecule has 0 aliphatic rings. The first-order chi connectivity index (χ1) is 10.6. The van der Waals surface area contributed by atoms with Gasteiger partial charge in [-0.3, -0.25) is 4.90 Å². The lowest BCUT2D eigenvalue weighted by Gasteiger charge is -2.19. The molecule has 0 unspecified atom stereocenters. The number of fused-ring (bicyclic) bond motifs is 1. The lowest BCUT2D eigenvalue weighted by atomic mass is 10.0. The average Bonchev–Trinajstić information content (AvgIpc) is 2.51. The molecular weight excluding hydrogens is 313 g/mol. The summed E-state index contributed by atoms with van der Waals surface area (Å²) in [5.74, 6) is 0. The van der Waals surface area contributed by atoms with Gasteiger partial charge in [-0.2, -0.15) is 0 Å². The smallest absolute Gasteiger partial charge is 0.0465 e. The Morgan fingerprint density at radius 1 is 0.773 bits per heavy atom. The Hall–Kier alpha value is -1.54. The first-order valence-electron chi connectivity index (χ1n) is 7.23. The molecule has 0 spiro atoms. The molecule has 112 valence electrons. The summed E-state index contributed by atoms with van der Waals surface area (Å²) in [7, 11) is 2.08. The van der Waals surface area contributed by atoms with E-state index in [0.717, 1.165) is 28.7 Å². The molecule has 0 bridgehead atoms. The standard InChI is InChI=1S/C19H17Cl2N/c1-22(13-17-18(20)10-5-11-19(17)21)12-15-8-4-7-14-6-2-3-9-16(14)15/h2-11H,12-13H2,1H3. The number of rotatable bonds is 4. The first-order valence-corrected chi connectivity index (χ1v) is 7.99. The van der Waals surface area contributed by atoms with Crippen molar-refractivity contribution in [3.63, 3.8) is 0 Å². The number of benzene rings is 3. The Morgan fingerprint density at radius 2 is 1.41 bits per heavy atom. The van der Waals surface area contributed by atoms with Gasteiger partial charge in [0.05, 0.1) is 0 Å². The van der Waals surface area contributed by atoms with Crippen LogP contribution in [-0.4, -0.2) is 11.9 Å². The highest BCUT2D eigenvalue weighted by Gasteiger charge is 2.10. The number of nitrogens with zero attached hydrogens (tertiary/aromatic N) is 1. The summed E-state index contributed by atoms with van der Waals surface area (Å²) in [6.07, 6.45) is 0. The van der Waals surface area contributed by atoms with Gasteiger partial charge in [0.25, 0.3) is 0 Å².